The van der Waals surface area contributed by atoms with E-state index in [0.29, 0.717) is 19.3 Å². The average Bonchev–Trinajstić information content (AvgIpc) is 3.14. The van der Waals surface area contributed by atoms with Gasteiger partial charge >= 0.3 is 12.1 Å². The third-order valence-electron chi connectivity index (χ3n) is 6.73. The number of carbonyl (C=O) groups excluding carboxylic acids is 2. The van der Waals surface area contributed by atoms with E-state index < -0.39 is 18.1 Å². The molecule has 7 heteroatoms. The number of hydrogen-bond donors (Lipinski definition) is 3. The zero-order valence-corrected chi connectivity index (χ0v) is 18.8. The van der Waals surface area contributed by atoms with Gasteiger partial charge in [0.05, 0.1) is 0 Å². The summed E-state index contributed by atoms with van der Waals surface area (Å²) in [6, 6.07) is 15.3. The molecule has 2 aliphatic rings. The van der Waals surface area contributed by atoms with Gasteiger partial charge in [-0.25, -0.2) is 9.59 Å². The van der Waals surface area contributed by atoms with Gasteiger partial charge in [0.15, 0.2) is 0 Å². The first-order valence-electron chi connectivity index (χ1n) is 11.6. The van der Waals surface area contributed by atoms with E-state index in [9.17, 15) is 19.5 Å². The lowest BCUT2D eigenvalue weighted by molar-refractivity contribution is -0.142. The van der Waals surface area contributed by atoms with Crippen molar-refractivity contribution in [3.8, 4) is 11.1 Å². The van der Waals surface area contributed by atoms with Gasteiger partial charge in [-0.2, -0.15) is 0 Å². The number of alkyl carbamates (subject to hydrolysis) is 1. The highest BCUT2D eigenvalue weighted by molar-refractivity contribution is 5.85. The number of rotatable bonds is 7. The summed E-state index contributed by atoms with van der Waals surface area (Å²) < 4.78 is 5.62. The second-order valence-corrected chi connectivity index (χ2v) is 8.84. The predicted octanol–water partition coefficient (Wildman–Crippen LogP) is 4.06. The van der Waals surface area contributed by atoms with Crippen LogP contribution in [-0.4, -0.2) is 41.8 Å². The van der Waals surface area contributed by atoms with E-state index in [0.717, 1.165) is 24.0 Å². The molecule has 33 heavy (non-hydrogen) atoms. The molecule has 1 saturated carbocycles. The number of amides is 2. The quantitative estimate of drug-likeness (QED) is 0.590. The molecule has 0 unspecified atom stereocenters. The van der Waals surface area contributed by atoms with Crippen LogP contribution in [0.15, 0.2) is 48.5 Å². The van der Waals surface area contributed by atoms with Gasteiger partial charge in [-0.3, -0.25) is 4.79 Å². The van der Waals surface area contributed by atoms with Crippen LogP contribution in [0.1, 0.15) is 56.1 Å². The van der Waals surface area contributed by atoms with Gasteiger partial charge in [0.2, 0.25) is 5.91 Å². The van der Waals surface area contributed by atoms with Crippen LogP contribution in [-0.2, 0) is 14.3 Å². The first-order valence-corrected chi connectivity index (χ1v) is 11.6. The maximum atomic E-state index is 12.6. The van der Waals surface area contributed by atoms with Crippen molar-refractivity contribution in [3.63, 3.8) is 0 Å². The lowest BCUT2D eigenvalue weighted by Crippen LogP contribution is -2.47. The minimum Gasteiger partial charge on any atom is -0.480 e. The van der Waals surface area contributed by atoms with Gasteiger partial charge in [-0.05, 0) is 47.9 Å². The van der Waals surface area contributed by atoms with E-state index in [4.69, 9.17) is 4.74 Å². The Hall–Kier alpha value is -3.35. The molecule has 2 aromatic carbocycles. The Bertz CT molecular complexity index is 991. The largest absolute Gasteiger partial charge is 0.480 e. The van der Waals surface area contributed by atoms with Crippen molar-refractivity contribution in [2.75, 3.05) is 6.61 Å². The highest BCUT2D eigenvalue weighted by Crippen LogP contribution is 2.44. The molecule has 0 spiro atoms. The highest BCUT2D eigenvalue weighted by atomic mass is 16.5. The van der Waals surface area contributed by atoms with Crippen molar-refractivity contribution in [1.82, 2.24) is 10.6 Å². The van der Waals surface area contributed by atoms with Crippen molar-refractivity contribution in [2.45, 2.75) is 57.0 Å². The number of fused-ring (bicyclic) bond motifs is 3. The summed E-state index contributed by atoms with van der Waals surface area (Å²) >= 11 is 0. The number of nitrogens with one attached hydrogen (secondary N) is 2. The predicted molar refractivity (Wildman–Crippen MR) is 124 cm³/mol. The lowest BCUT2D eigenvalue weighted by atomic mass is 9.85. The smallest absolute Gasteiger partial charge is 0.407 e. The van der Waals surface area contributed by atoms with Crippen LogP contribution in [0.3, 0.4) is 0 Å². The summed E-state index contributed by atoms with van der Waals surface area (Å²) in [6.45, 7) is 1.97. The van der Waals surface area contributed by atoms with E-state index in [1.807, 2.05) is 24.3 Å². The molecule has 7 nitrogen and oxygen atoms in total. The third-order valence-corrected chi connectivity index (χ3v) is 6.73. The molecular weight excluding hydrogens is 420 g/mol. The summed E-state index contributed by atoms with van der Waals surface area (Å²) in [4.78, 5) is 36.3. The molecule has 1 fully saturated rings. The first kappa shape index (κ1) is 22.8. The van der Waals surface area contributed by atoms with Crippen LogP contribution in [0.2, 0.25) is 0 Å². The maximum absolute atomic E-state index is 12.6. The Labute approximate surface area is 193 Å². The molecule has 2 aromatic rings. The minimum atomic E-state index is -1.03. The SMILES string of the molecule is CC[C@H](NC(=O)[C@@H]1CCC[C@@H](NC(=O)OCC2c3ccccc3-c3ccccc32)C1)C(=O)O. The number of aliphatic carboxylic acids is 1. The van der Waals surface area contributed by atoms with E-state index in [1.165, 1.54) is 11.1 Å². The van der Waals surface area contributed by atoms with Crippen molar-refractivity contribution in [3.05, 3.63) is 59.7 Å². The van der Waals surface area contributed by atoms with Gasteiger partial charge in [0.25, 0.3) is 0 Å². The van der Waals surface area contributed by atoms with Crippen molar-refractivity contribution >= 4 is 18.0 Å². The van der Waals surface area contributed by atoms with Crippen molar-refractivity contribution in [2.24, 2.45) is 5.92 Å². The zero-order valence-electron chi connectivity index (χ0n) is 18.8. The standard InChI is InChI=1S/C26H30N2O5/c1-2-23(25(30)31)28-24(29)16-8-7-9-17(14-16)27-26(32)33-15-22-20-12-5-3-10-18(20)19-11-4-6-13-21(19)22/h3-6,10-13,16-17,22-23H,2,7-9,14-15H2,1H3,(H,27,32)(H,28,29)(H,30,31)/t16-,17-,23+/m1/s1. The van der Waals surface area contributed by atoms with Gasteiger partial charge in [0, 0.05) is 17.9 Å². The number of ether oxygens (including phenoxy) is 1. The molecule has 0 radical (unpaired) electrons. The molecule has 2 aliphatic carbocycles. The highest BCUT2D eigenvalue weighted by Gasteiger charge is 2.32. The summed E-state index contributed by atoms with van der Waals surface area (Å²) in [6.07, 6.45) is 2.56. The summed E-state index contributed by atoms with van der Waals surface area (Å²) in [5.41, 5.74) is 4.67. The van der Waals surface area contributed by atoms with Crippen LogP contribution in [0.25, 0.3) is 11.1 Å². The summed E-state index contributed by atoms with van der Waals surface area (Å²) in [5.74, 6) is -1.61. The summed E-state index contributed by atoms with van der Waals surface area (Å²) in [5, 5.41) is 14.7. The molecule has 3 N–H and O–H groups in total. The number of carbonyl (C=O) groups is 3. The first-order chi connectivity index (χ1) is 16.0. The monoisotopic (exact) mass is 450 g/mol. The van der Waals surface area contributed by atoms with Crippen LogP contribution in [0, 0.1) is 5.92 Å². The van der Waals surface area contributed by atoms with E-state index in [1.54, 1.807) is 6.92 Å². The molecule has 4 rings (SSSR count). The number of benzene rings is 2. The molecule has 0 heterocycles. The topological polar surface area (TPSA) is 105 Å². The van der Waals surface area contributed by atoms with Gasteiger partial charge in [-0.15, -0.1) is 0 Å². The Morgan fingerprint density at radius 2 is 1.67 bits per heavy atom. The Kier molecular flexibility index (Phi) is 6.96. The second-order valence-electron chi connectivity index (χ2n) is 8.84. The molecule has 0 bridgehead atoms. The van der Waals surface area contributed by atoms with Gasteiger partial charge in [0.1, 0.15) is 12.6 Å². The van der Waals surface area contributed by atoms with E-state index in [2.05, 4.69) is 34.9 Å². The number of carboxylic acids is 1. The summed E-state index contributed by atoms with van der Waals surface area (Å²) in [7, 11) is 0. The van der Waals surface area contributed by atoms with E-state index >= 15 is 0 Å². The fourth-order valence-corrected chi connectivity index (χ4v) is 4.99. The number of carboxylic acid groups (broad SMARTS) is 1. The fourth-order valence-electron chi connectivity index (χ4n) is 4.99. The van der Waals surface area contributed by atoms with E-state index in [-0.39, 0.29) is 30.4 Å². The average molecular weight is 451 g/mol. The Balaban J connectivity index is 1.32. The molecule has 0 aliphatic heterocycles. The molecule has 0 aromatic heterocycles. The second kappa shape index (κ2) is 10.1. The molecule has 174 valence electrons. The minimum absolute atomic E-state index is 0.00460. The Morgan fingerprint density at radius 1 is 1.03 bits per heavy atom. The maximum Gasteiger partial charge on any atom is 0.407 e. The zero-order chi connectivity index (χ0) is 23.4. The molecular formula is C26H30N2O5. The molecule has 2 amide bonds. The lowest BCUT2D eigenvalue weighted by Gasteiger charge is -2.29. The fraction of sp³-hybridized carbons (Fsp3) is 0.423. The van der Waals surface area contributed by atoms with Gasteiger partial charge < -0.3 is 20.5 Å². The molecule has 3 atom stereocenters. The van der Waals surface area contributed by atoms with Crippen molar-refractivity contribution < 1.29 is 24.2 Å². The van der Waals surface area contributed by atoms with Crippen molar-refractivity contribution in [1.29, 1.82) is 0 Å². The third kappa shape index (κ3) is 5.02. The van der Waals surface area contributed by atoms with Crippen LogP contribution >= 0.6 is 0 Å². The van der Waals surface area contributed by atoms with Gasteiger partial charge in [-0.1, -0.05) is 61.9 Å². The Morgan fingerprint density at radius 3 is 2.27 bits per heavy atom. The van der Waals surface area contributed by atoms with Crippen LogP contribution in [0.5, 0.6) is 0 Å². The normalized spacial score (nSPS) is 20.3. The van der Waals surface area contributed by atoms with Crippen LogP contribution in [0.4, 0.5) is 4.79 Å². The van der Waals surface area contributed by atoms with Crippen LogP contribution < -0.4 is 10.6 Å². The molecule has 0 saturated heterocycles. The number of hydrogen-bond acceptors (Lipinski definition) is 4.